The molecule has 0 radical (unpaired) electrons. The summed E-state index contributed by atoms with van der Waals surface area (Å²) in [7, 11) is 0. The van der Waals surface area contributed by atoms with Gasteiger partial charge >= 0.3 is 11.9 Å². The first-order valence-electron chi connectivity index (χ1n) is 4.26. The third-order valence-electron chi connectivity index (χ3n) is 1.70. The largest absolute Gasteiger partial charge is 0.461 e. The van der Waals surface area contributed by atoms with Crippen LogP contribution in [0.5, 0.6) is 0 Å². The average molecular weight is 236 g/mol. The highest BCUT2D eigenvalue weighted by molar-refractivity contribution is 7.10. The molecule has 0 aromatic carbocycles. The van der Waals surface area contributed by atoms with Gasteiger partial charge in [-0.2, -0.15) is 8.78 Å². The van der Waals surface area contributed by atoms with Crippen molar-refractivity contribution in [1.29, 1.82) is 0 Å². The minimum Gasteiger partial charge on any atom is -0.461 e. The van der Waals surface area contributed by atoms with E-state index in [1.807, 2.05) is 0 Å². The van der Waals surface area contributed by atoms with Gasteiger partial charge in [0.15, 0.2) is 6.10 Å². The van der Waals surface area contributed by atoms with Crippen LogP contribution in [-0.4, -0.2) is 23.6 Å². The second-order valence-corrected chi connectivity index (χ2v) is 3.74. The summed E-state index contributed by atoms with van der Waals surface area (Å²) < 4.78 is 30.7. The SMILES string of the molecule is CCOC(=O)C(F)(F)[C@H](O)c1cccs1. The second kappa shape index (κ2) is 4.67. The quantitative estimate of drug-likeness (QED) is 0.813. The molecule has 1 aromatic heterocycles. The lowest BCUT2D eigenvalue weighted by Crippen LogP contribution is -2.37. The van der Waals surface area contributed by atoms with Crippen LogP contribution >= 0.6 is 11.3 Å². The van der Waals surface area contributed by atoms with Gasteiger partial charge in [0, 0.05) is 4.88 Å². The Balaban J connectivity index is 2.81. The summed E-state index contributed by atoms with van der Waals surface area (Å²) in [6.07, 6.45) is -2.14. The van der Waals surface area contributed by atoms with Crippen LogP contribution in [0.15, 0.2) is 17.5 Å². The predicted molar refractivity (Wildman–Crippen MR) is 50.9 cm³/mol. The van der Waals surface area contributed by atoms with Crippen molar-refractivity contribution in [2.24, 2.45) is 0 Å². The van der Waals surface area contributed by atoms with Crippen LogP contribution in [0.3, 0.4) is 0 Å². The molecule has 1 aromatic rings. The molecular weight excluding hydrogens is 226 g/mol. The summed E-state index contributed by atoms with van der Waals surface area (Å²) in [6, 6.07) is 2.85. The van der Waals surface area contributed by atoms with Gasteiger partial charge in [0.25, 0.3) is 0 Å². The first-order valence-corrected chi connectivity index (χ1v) is 5.14. The van der Waals surface area contributed by atoms with Gasteiger partial charge in [-0.3, -0.25) is 0 Å². The van der Waals surface area contributed by atoms with Crippen molar-refractivity contribution in [3.8, 4) is 0 Å². The van der Waals surface area contributed by atoms with E-state index >= 15 is 0 Å². The summed E-state index contributed by atoms with van der Waals surface area (Å²) in [5.74, 6) is -5.60. The van der Waals surface area contributed by atoms with Crippen LogP contribution in [0, 0.1) is 0 Å². The maximum atomic E-state index is 13.2. The molecule has 1 N–H and O–H groups in total. The molecule has 0 unspecified atom stereocenters. The Labute approximate surface area is 89.3 Å². The number of hydrogen-bond donors (Lipinski definition) is 1. The lowest BCUT2D eigenvalue weighted by Gasteiger charge is -2.19. The minimum atomic E-state index is -3.90. The van der Waals surface area contributed by atoms with Gasteiger partial charge < -0.3 is 9.84 Å². The van der Waals surface area contributed by atoms with E-state index in [2.05, 4.69) is 4.74 Å². The molecule has 0 spiro atoms. The first kappa shape index (κ1) is 12.1. The third kappa shape index (κ3) is 2.51. The Morgan fingerprint density at radius 1 is 1.73 bits per heavy atom. The Morgan fingerprint density at radius 3 is 2.87 bits per heavy atom. The molecule has 0 aliphatic rings. The van der Waals surface area contributed by atoms with E-state index in [1.54, 1.807) is 5.38 Å². The van der Waals surface area contributed by atoms with Crippen LogP contribution in [0.25, 0.3) is 0 Å². The van der Waals surface area contributed by atoms with E-state index in [0.29, 0.717) is 0 Å². The van der Waals surface area contributed by atoms with Crippen molar-refractivity contribution in [1.82, 2.24) is 0 Å². The second-order valence-electron chi connectivity index (χ2n) is 2.76. The fourth-order valence-electron chi connectivity index (χ4n) is 0.964. The Kier molecular flexibility index (Phi) is 3.76. The van der Waals surface area contributed by atoms with Crippen molar-refractivity contribution in [2.45, 2.75) is 19.0 Å². The van der Waals surface area contributed by atoms with E-state index in [0.717, 1.165) is 11.3 Å². The molecule has 0 aliphatic heterocycles. The number of aliphatic hydroxyl groups excluding tert-OH is 1. The standard InChI is InChI=1S/C9H10F2O3S/c1-2-14-8(13)9(10,11)7(12)6-4-3-5-15-6/h3-5,7,12H,2H2,1H3/t7-/m1/s1. The van der Waals surface area contributed by atoms with E-state index in [-0.39, 0.29) is 11.5 Å². The molecule has 0 saturated heterocycles. The number of ether oxygens (including phenoxy) is 1. The smallest absolute Gasteiger partial charge is 0.380 e. The number of halogens is 2. The zero-order valence-corrected chi connectivity index (χ0v) is 8.76. The molecule has 0 bridgehead atoms. The summed E-state index contributed by atoms with van der Waals surface area (Å²) in [4.78, 5) is 10.9. The Morgan fingerprint density at radius 2 is 2.40 bits per heavy atom. The lowest BCUT2D eigenvalue weighted by molar-refractivity contribution is -0.188. The van der Waals surface area contributed by atoms with E-state index in [9.17, 15) is 18.7 Å². The first-order chi connectivity index (χ1) is 7.00. The molecule has 15 heavy (non-hydrogen) atoms. The zero-order chi connectivity index (χ0) is 11.5. The molecule has 1 atom stereocenters. The molecule has 6 heteroatoms. The summed E-state index contributed by atoms with van der Waals surface area (Å²) in [5, 5.41) is 10.8. The number of thiophene rings is 1. The van der Waals surface area contributed by atoms with Gasteiger partial charge in [0.05, 0.1) is 6.61 Å². The van der Waals surface area contributed by atoms with Gasteiger partial charge in [0.2, 0.25) is 0 Å². The molecular formula is C9H10F2O3S. The number of carbonyl (C=O) groups is 1. The fraction of sp³-hybridized carbons (Fsp3) is 0.444. The molecule has 3 nitrogen and oxygen atoms in total. The monoisotopic (exact) mass is 236 g/mol. The van der Waals surface area contributed by atoms with Gasteiger partial charge in [-0.15, -0.1) is 11.3 Å². The summed E-state index contributed by atoms with van der Waals surface area (Å²) >= 11 is 0.956. The molecule has 1 heterocycles. The Bertz CT molecular complexity index is 324. The number of esters is 1. The van der Waals surface area contributed by atoms with Gasteiger partial charge in [-0.25, -0.2) is 4.79 Å². The highest BCUT2D eigenvalue weighted by Crippen LogP contribution is 2.34. The molecule has 0 aliphatic carbocycles. The molecule has 0 fully saturated rings. The van der Waals surface area contributed by atoms with E-state index < -0.39 is 18.0 Å². The zero-order valence-electron chi connectivity index (χ0n) is 7.94. The van der Waals surface area contributed by atoms with Crippen LogP contribution < -0.4 is 0 Å². The number of hydrogen-bond acceptors (Lipinski definition) is 4. The van der Waals surface area contributed by atoms with Crippen LogP contribution in [0.1, 0.15) is 17.9 Å². The highest BCUT2D eigenvalue weighted by Gasteiger charge is 2.49. The average Bonchev–Trinajstić information content (AvgIpc) is 2.69. The highest BCUT2D eigenvalue weighted by atomic mass is 32.1. The number of aliphatic hydroxyl groups is 1. The number of carbonyl (C=O) groups excluding carboxylic acids is 1. The summed E-state index contributed by atoms with van der Waals surface area (Å²) in [6.45, 7) is 1.27. The lowest BCUT2D eigenvalue weighted by atomic mass is 10.1. The molecule has 84 valence electrons. The van der Waals surface area contributed by atoms with Gasteiger partial charge in [-0.05, 0) is 18.4 Å². The van der Waals surface area contributed by atoms with Crippen molar-refractivity contribution in [3.63, 3.8) is 0 Å². The molecule has 0 amide bonds. The normalized spacial score (nSPS) is 13.6. The maximum Gasteiger partial charge on any atom is 0.380 e. The Hall–Kier alpha value is -1.01. The van der Waals surface area contributed by atoms with Crippen molar-refractivity contribution < 1.29 is 23.4 Å². The molecule has 1 rings (SSSR count). The van der Waals surface area contributed by atoms with Crippen molar-refractivity contribution >= 4 is 17.3 Å². The number of rotatable bonds is 4. The van der Waals surface area contributed by atoms with Crippen LogP contribution in [0.2, 0.25) is 0 Å². The minimum absolute atomic E-state index is 0.0352. The third-order valence-corrected chi connectivity index (χ3v) is 2.63. The van der Waals surface area contributed by atoms with Crippen LogP contribution in [0.4, 0.5) is 8.78 Å². The summed E-state index contributed by atoms with van der Waals surface area (Å²) in [5.41, 5.74) is 0. The van der Waals surface area contributed by atoms with Crippen molar-refractivity contribution in [2.75, 3.05) is 6.61 Å². The number of alkyl halides is 2. The van der Waals surface area contributed by atoms with Crippen LogP contribution in [-0.2, 0) is 9.53 Å². The maximum absolute atomic E-state index is 13.2. The fourth-order valence-corrected chi connectivity index (χ4v) is 1.71. The molecule has 0 saturated carbocycles. The predicted octanol–water partition coefficient (Wildman–Crippen LogP) is 1.98. The van der Waals surface area contributed by atoms with Gasteiger partial charge in [0.1, 0.15) is 0 Å². The van der Waals surface area contributed by atoms with E-state index in [4.69, 9.17) is 0 Å². The topological polar surface area (TPSA) is 46.5 Å². The van der Waals surface area contributed by atoms with E-state index in [1.165, 1.54) is 19.1 Å². The van der Waals surface area contributed by atoms with Gasteiger partial charge in [-0.1, -0.05) is 6.07 Å². The van der Waals surface area contributed by atoms with Crippen molar-refractivity contribution in [3.05, 3.63) is 22.4 Å².